The van der Waals surface area contributed by atoms with E-state index >= 15 is 0 Å². The van der Waals surface area contributed by atoms with Gasteiger partial charge in [-0.25, -0.2) is 8.42 Å². The summed E-state index contributed by atoms with van der Waals surface area (Å²) < 4.78 is 28.6. The molecule has 0 saturated carbocycles. The molecular weight excluding hydrogens is 298 g/mol. The van der Waals surface area contributed by atoms with E-state index in [9.17, 15) is 8.42 Å². The summed E-state index contributed by atoms with van der Waals surface area (Å²) in [5.74, 6) is 1.91. The molecule has 4 nitrogen and oxygen atoms in total. The van der Waals surface area contributed by atoms with Crippen LogP contribution in [0.1, 0.15) is 12.0 Å². The molecule has 1 aliphatic heterocycles. The second-order valence-electron chi connectivity index (χ2n) is 5.32. The zero-order valence-electron chi connectivity index (χ0n) is 12.1. The van der Waals surface area contributed by atoms with Gasteiger partial charge in [0, 0.05) is 6.21 Å². The van der Waals surface area contributed by atoms with Gasteiger partial charge < -0.3 is 4.74 Å². The average Bonchev–Trinajstić information content (AvgIpc) is 2.86. The van der Waals surface area contributed by atoms with Gasteiger partial charge in [-0.2, -0.15) is 0 Å². The Labute approximate surface area is 130 Å². The van der Waals surface area contributed by atoms with Crippen LogP contribution in [-0.4, -0.2) is 32.2 Å². The Hall–Kier alpha value is -2.14. The third-order valence-corrected chi connectivity index (χ3v) is 5.23. The van der Waals surface area contributed by atoms with Crippen molar-refractivity contribution < 1.29 is 13.2 Å². The number of ether oxygens (including phenoxy) is 1. The van der Waals surface area contributed by atoms with Crippen molar-refractivity contribution in [3.63, 3.8) is 0 Å². The molecule has 0 radical (unpaired) electrons. The van der Waals surface area contributed by atoms with Gasteiger partial charge >= 0.3 is 0 Å². The van der Waals surface area contributed by atoms with Crippen LogP contribution in [0.3, 0.4) is 0 Å². The second-order valence-corrected chi connectivity index (χ2v) is 7.55. The van der Waals surface area contributed by atoms with Crippen LogP contribution in [0.5, 0.6) is 11.5 Å². The van der Waals surface area contributed by atoms with Crippen molar-refractivity contribution >= 4 is 16.1 Å². The monoisotopic (exact) mass is 315 g/mol. The van der Waals surface area contributed by atoms with Crippen LogP contribution in [-0.2, 0) is 9.84 Å². The summed E-state index contributed by atoms with van der Waals surface area (Å²) in [6.45, 7) is 0. The molecule has 1 atom stereocenters. The van der Waals surface area contributed by atoms with Gasteiger partial charge in [-0.05, 0) is 36.2 Å². The fourth-order valence-electron chi connectivity index (χ4n) is 2.37. The number of hydrogen-bond acceptors (Lipinski definition) is 4. The highest BCUT2D eigenvalue weighted by atomic mass is 32.2. The molecule has 0 amide bonds. The highest BCUT2D eigenvalue weighted by Crippen LogP contribution is 2.21. The molecule has 1 saturated heterocycles. The number of para-hydroxylation sites is 1. The van der Waals surface area contributed by atoms with Gasteiger partial charge in [0.15, 0.2) is 9.84 Å². The number of aliphatic imine (C=N–C) groups is 1. The summed E-state index contributed by atoms with van der Waals surface area (Å²) in [7, 11) is -2.89. The molecule has 2 aromatic rings. The van der Waals surface area contributed by atoms with E-state index in [0.29, 0.717) is 6.42 Å². The van der Waals surface area contributed by atoms with E-state index < -0.39 is 9.84 Å². The van der Waals surface area contributed by atoms with Crippen LogP contribution in [0.15, 0.2) is 59.6 Å². The van der Waals surface area contributed by atoms with Gasteiger partial charge in [0.05, 0.1) is 17.5 Å². The number of hydrogen-bond donors (Lipinski definition) is 0. The van der Waals surface area contributed by atoms with E-state index in [1.807, 2.05) is 54.6 Å². The molecule has 5 heteroatoms. The Balaban J connectivity index is 1.69. The predicted molar refractivity (Wildman–Crippen MR) is 87.6 cm³/mol. The maximum absolute atomic E-state index is 11.4. The first-order valence-electron chi connectivity index (χ1n) is 7.17. The summed E-state index contributed by atoms with van der Waals surface area (Å²) in [5, 5.41) is 0. The highest BCUT2D eigenvalue weighted by molar-refractivity contribution is 7.91. The Morgan fingerprint density at radius 2 is 1.82 bits per heavy atom. The standard InChI is InChI=1S/C17H17NO3S/c19-22(20)10-9-15(13-22)18-12-14-5-4-8-17(11-14)21-16-6-2-1-3-7-16/h1-8,11-12,15H,9-10,13H2/t15-/m1/s1. The van der Waals surface area contributed by atoms with E-state index in [1.54, 1.807) is 6.21 Å². The number of nitrogens with zero attached hydrogens (tertiary/aromatic N) is 1. The summed E-state index contributed by atoms with van der Waals surface area (Å²) in [4.78, 5) is 4.38. The molecule has 22 heavy (non-hydrogen) atoms. The molecule has 0 spiro atoms. The van der Waals surface area contributed by atoms with Crippen LogP contribution < -0.4 is 4.74 Å². The molecule has 114 valence electrons. The number of benzene rings is 2. The summed E-state index contributed by atoms with van der Waals surface area (Å²) in [5.41, 5.74) is 0.901. The first kappa shape index (κ1) is 14.8. The van der Waals surface area contributed by atoms with Gasteiger partial charge in [-0.3, -0.25) is 4.99 Å². The fourth-order valence-corrected chi connectivity index (χ4v) is 4.00. The lowest BCUT2D eigenvalue weighted by atomic mass is 10.2. The van der Waals surface area contributed by atoms with Crippen molar-refractivity contribution in [2.24, 2.45) is 4.99 Å². The van der Waals surface area contributed by atoms with Gasteiger partial charge in [0.25, 0.3) is 0 Å². The third kappa shape index (κ3) is 3.95. The SMILES string of the molecule is O=S1(=O)CC[C@@H](N=Cc2cccc(Oc3ccccc3)c2)C1. The first-order valence-corrected chi connectivity index (χ1v) is 8.99. The smallest absolute Gasteiger partial charge is 0.152 e. The molecule has 1 aliphatic rings. The van der Waals surface area contributed by atoms with E-state index in [2.05, 4.69) is 4.99 Å². The molecule has 0 bridgehead atoms. The molecule has 0 aliphatic carbocycles. The molecule has 0 N–H and O–H groups in total. The first-order chi connectivity index (χ1) is 10.6. The molecule has 0 aromatic heterocycles. The van der Waals surface area contributed by atoms with Crippen molar-refractivity contribution in [2.45, 2.75) is 12.5 Å². The van der Waals surface area contributed by atoms with Crippen molar-refractivity contribution in [3.8, 4) is 11.5 Å². The van der Waals surface area contributed by atoms with Gasteiger partial charge in [-0.1, -0.05) is 30.3 Å². The maximum atomic E-state index is 11.4. The van der Waals surface area contributed by atoms with Gasteiger partial charge in [0.1, 0.15) is 11.5 Å². The maximum Gasteiger partial charge on any atom is 0.152 e. The lowest BCUT2D eigenvalue weighted by Gasteiger charge is -2.06. The lowest BCUT2D eigenvalue weighted by Crippen LogP contribution is -2.07. The zero-order chi connectivity index (χ0) is 15.4. The second kappa shape index (κ2) is 6.32. The summed E-state index contributed by atoms with van der Waals surface area (Å²) in [6.07, 6.45) is 2.34. The van der Waals surface area contributed by atoms with Crippen molar-refractivity contribution in [3.05, 3.63) is 60.2 Å². The third-order valence-electron chi connectivity index (χ3n) is 3.48. The van der Waals surface area contributed by atoms with E-state index in [-0.39, 0.29) is 17.5 Å². The minimum atomic E-state index is -2.89. The molecule has 0 unspecified atom stereocenters. The Morgan fingerprint density at radius 1 is 1.05 bits per heavy atom. The molecule has 1 fully saturated rings. The normalized spacial score (nSPS) is 20.3. The number of sulfone groups is 1. The van der Waals surface area contributed by atoms with E-state index in [4.69, 9.17) is 4.74 Å². The minimum Gasteiger partial charge on any atom is -0.457 e. The van der Waals surface area contributed by atoms with Crippen molar-refractivity contribution in [1.82, 2.24) is 0 Å². The molecule has 3 rings (SSSR count). The number of rotatable bonds is 4. The zero-order valence-corrected chi connectivity index (χ0v) is 12.9. The van der Waals surface area contributed by atoms with Crippen LogP contribution in [0.4, 0.5) is 0 Å². The van der Waals surface area contributed by atoms with Crippen molar-refractivity contribution in [2.75, 3.05) is 11.5 Å². The topological polar surface area (TPSA) is 55.7 Å². The van der Waals surface area contributed by atoms with Crippen LogP contribution >= 0.6 is 0 Å². The molecule has 1 heterocycles. The molecule has 2 aromatic carbocycles. The highest BCUT2D eigenvalue weighted by Gasteiger charge is 2.26. The van der Waals surface area contributed by atoms with Gasteiger partial charge in [-0.15, -0.1) is 0 Å². The quantitative estimate of drug-likeness (QED) is 0.815. The van der Waals surface area contributed by atoms with Crippen LogP contribution in [0.25, 0.3) is 0 Å². The van der Waals surface area contributed by atoms with Gasteiger partial charge in [0.2, 0.25) is 0 Å². The largest absolute Gasteiger partial charge is 0.457 e. The Morgan fingerprint density at radius 3 is 2.55 bits per heavy atom. The average molecular weight is 315 g/mol. The van der Waals surface area contributed by atoms with Crippen LogP contribution in [0.2, 0.25) is 0 Å². The Bertz CT molecular complexity index is 770. The minimum absolute atomic E-state index is 0.122. The van der Waals surface area contributed by atoms with E-state index in [0.717, 1.165) is 17.1 Å². The Kier molecular flexibility index (Phi) is 4.24. The van der Waals surface area contributed by atoms with Crippen LogP contribution in [0, 0.1) is 0 Å². The molecular formula is C17H17NO3S. The summed E-state index contributed by atoms with van der Waals surface area (Å²) >= 11 is 0. The predicted octanol–water partition coefficient (Wildman–Crippen LogP) is 3.08. The lowest BCUT2D eigenvalue weighted by molar-refractivity contribution is 0.482. The van der Waals surface area contributed by atoms with E-state index in [1.165, 1.54) is 0 Å². The summed E-state index contributed by atoms with van der Waals surface area (Å²) in [6, 6.07) is 17.0. The van der Waals surface area contributed by atoms with Crippen molar-refractivity contribution in [1.29, 1.82) is 0 Å². The fraction of sp³-hybridized carbons (Fsp3) is 0.235.